The lowest BCUT2D eigenvalue weighted by atomic mass is 10.0. The van der Waals surface area contributed by atoms with Crippen LogP contribution in [-0.2, 0) is 18.8 Å². The molecule has 0 heterocycles. The summed E-state index contributed by atoms with van der Waals surface area (Å²) in [7, 11) is -2.66. The van der Waals surface area contributed by atoms with Gasteiger partial charge in [0.25, 0.3) is 8.32 Å². The van der Waals surface area contributed by atoms with E-state index in [1.54, 1.807) is 6.92 Å². The van der Waals surface area contributed by atoms with Crippen molar-refractivity contribution in [2.75, 3.05) is 19.0 Å². The molecule has 0 aromatic heterocycles. The molecule has 1 amide bonds. The molecule has 0 saturated heterocycles. The summed E-state index contributed by atoms with van der Waals surface area (Å²) < 4.78 is 16.1. The van der Waals surface area contributed by atoms with Crippen molar-refractivity contribution in [2.45, 2.75) is 52.5 Å². The molecule has 1 N–H and O–H groups in total. The van der Waals surface area contributed by atoms with Crippen LogP contribution in [0.15, 0.2) is 65.1 Å². The summed E-state index contributed by atoms with van der Waals surface area (Å²) in [6.45, 7) is 11.0. The molecule has 1 unspecified atom stereocenters. The van der Waals surface area contributed by atoms with Gasteiger partial charge in [0.05, 0.1) is 6.61 Å². The van der Waals surface area contributed by atoms with Crippen LogP contribution in [0.2, 0.25) is 5.04 Å². The number of rotatable bonds is 13. The van der Waals surface area contributed by atoms with Crippen LogP contribution < -0.4 is 15.7 Å². The highest BCUT2D eigenvalue weighted by molar-refractivity contribution is 7.98. The monoisotopic (exact) mass is 514 g/mol. The summed E-state index contributed by atoms with van der Waals surface area (Å²) in [5.41, 5.74) is 0. The van der Waals surface area contributed by atoms with E-state index >= 15 is 0 Å². The first-order valence-electron chi connectivity index (χ1n) is 12.1. The lowest BCUT2D eigenvalue weighted by Crippen LogP contribution is -2.66. The molecule has 0 aliphatic heterocycles. The second kappa shape index (κ2) is 14.2. The topological polar surface area (TPSA) is 77.0 Å². The second-order valence-electron chi connectivity index (χ2n) is 9.12. The molecular weight excluding hydrogens is 476 g/mol. The highest BCUT2D eigenvalue weighted by Gasteiger charge is 2.50. The number of ether oxygens (including phenoxy) is 1. The van der Waals surface area contributed by atoms with Gasteiger partial charge in [-0.3, -0.25) is 9.59 Å². The molecule has 6 nitrogen and oxygen atoms in total. The van der Waals surface area contributed by atoms with Gasteiger partial charge in [0, 0.05) is 12.4 Å². The lowest BCUT2D eigenvalue weighted by molar-refractivity contribution is -0.152. The molecule has 0 fully saturated rings. The molecule has 0 radical (unpaired) electrons. The molecule has 0 spiro atoms. The highest BCUT2D eigenvalue weighted by Crippen LogP contribution is 2.36. The number of hydrogen-bond donors (Lipinski definition) is 1. The first kappa shape index (κ1) is 28.8. The Hall–Kier alpha value is -2.42. The van der Waals surface area contributed by atoms with E-state index in [4.69, 9.17) is 9.16 Å². The number of carbonyl (C=O) groups excluding carboxylic acids is 2. The Morgan fingerprint density at radius 1 is 1.03 bits per heavy atom. The number of nitrogens with zero attached hydrogens (tertiary/aromatic N) is 1. The molecule has 0 saturated carbocycles. The van der Waals surface area contributed by atoms with Crippen LogP contribution in [0.25, 0.3) is 0 Å². The van der Waals surface area contributed by atoms with E-state index in [0.29, 0.717) is 19.4 Å². The van der Waals surface area contributed by atoms with Crippen LogP contribution >= 0.6 is 11.9 Å². The zero-order valence-electron chi connectivity index (χ0n) is 21.5. The Morgan fingerprint density at radius 3 is 2.09 bits per heavy atom. The van der Waals surface area contributed by atoms with Gasteiger partial charge in [0.2, 0.25) is 5.91 Å². The number of benzene rings is 2. The van der Waals surface area contributed by atoms with Crippen molar-refractivity contribution in [3.8, 4) is 0 Å². The van der Waals surface area contributed by atoms with Gasteiger partial charge in [-0.2, -0.15) is 0 Å². The van der Waals surface area contributed by atoms with E-state index in [1.165, 1.54) is 28.7 Å². The van der Waals surface area contributed by atoms with Gasteiger partial charge in [-0.1, -0.05) is 88.4 Å². The van der Waals surface area contributed by atoms with Crippen molar-refractivity contribution in [3.05, 3.63) is 60.7 Å². The Bertz CT molecular complexity index is 909. The van der Waals surface area contributed by atoms with Crippen LogP contribution in [0.1, 0.15) is 47.5 Å². The average Bonchev–Trinajstić information content (AvgIpc) is 2.84. The third-order valence-electron chi connectivity index (χ3n) is 5.72. The van der Waals surface area contributed by atoms with Crippen molar-refractivity contribution >= 4 is 48.9 Å². The number of hydrogen-bond acceptors (Lipinski definition) is 6. The SMILES string of the molecule is CCOC(=O)C(CCCO[Si](c1ccccc1)(c1ccccc1)C(C)(C)C)C(=O)NC=NSCC. The first-order valence-corrected chi connectivity index (χ1v) is 15.0. The van der Waals surface area contributed by atoms with Gasteiger partial charge in [0.15, 0.2) is 0 Å². The first-order chi connectivity index (χ1) is 16.8. The zero-order valence-corrected chi connectivity index (χ0v) is 23.3. The van der Waals surface area contributed by atoms with E-state index in [1.807, 2.05) is 19.1 Å². The molecule has 0 aliphatic carbocycles. The minimum absolute atomic E-state index is 0.138. The van der Waals surface area contributed by atoms with E-state index in [9.17, 15) is 9.59 Å². The van der Waals surface area contributed by atoms with Crippen LogP contribution in [0, 0.1) is 5.92 Å². The van der Waals surface area contributed by atoms with Crippen LogP contribution in [0.3, 0.4) is 0 Å². The fourth-order valence-corrected chi connectivity index (χ4v) is 9.06. The molecule has 35 heavy (non-hydrogen) atoms. The third-order valence-corrected chi connectivity index (χ3v) is 11.3. The largest absolute Gasteiger partial charge is 0.465 e. The highest BCUT2D eigenvalue weighted by atomic mass is 32.2. The van der Waals surface area contributed by atoms with Crippen molar-refractivity contribution in [1.29, 1.82) is 0 Å². The van der Waals surface area contributed by atoms with Gasteiger partial charge in [-0.15, -0.1) is 0 Å². The number of carbonyl (C=O) groups is 2. The van der Waals surface area contributed by atoms with Crippen molar-refractivity contribution < 1.29 is 18.8 Å². The van der Waals surface area contributed by atoms with Gasteiger partial charge in [0.1, 0.15) is 12.3 Å². The Kier molecular flexibility index (Phi) is 11.7. The number of amides is 1. The maximum Gasteiger partial charge on any atom is 0.318 e. The molecule has 1 atom stereocenters. The summed E-state index contributed by atoms with van der Waals surface area (Å²) in [5, 5.41) is 4.86. The van der Waals surface area contributed by atoms with E-state index in [-0.39, 0.29) is 11.6 Å². The minimum atomic E-state index is -2.66. The Balaban J connectivity index is 2.23. The van der Waals surface area contributed by atoms with Crippen molar-refractivity contribution in [1.82, 2.24) is 5.32 Å². The number of nitrogens with one attached hydrogen (secondary N) is 1. The molecule has 0 aliphatic rings. The van der Waals surface area contributed by atoms with Crippen LogP contribution in [0.4, 0.5) is 0 Å². The van der Waals surface area contributed by atoms with Crippen molar-refractivity contribution in [2.24, 2.45) is 10.3 Å². The average molecular weight is 515 g/mol. The summed E-state index contributed by atoms with van der Waals surface area (Å²) in [6.07, 6.45) is 2.21. The molecule has 190 valence electrons. The fraction of sp³-hybridized carbons (Fsp3) is 0.444. The third kappa shape index (κ3) is 7.78. The summed E-state index contributed by atoms with van der Waals surface area (Å²) >= 11 is 1.33. The number of esters is 1. The minimum Gasteiger partial charge on any atom is -0.465 e. The summed E-state index contributed by atoms with van der Waals surface area (Å²) in [5.74, 6) is -1.04. The fourth-order valence-electron chi connectivity index (χ4n) is 4.18. The molecule has 2 aromatic rings. The van der Waals surface area contributed by atoms with Gasteiger partial charge in [-0.05, 0) is 47.1 Å². The summed E-state index contributed by atoms with van der Waals surface area (Å²) in [6, 6.07) is 20.8. The lowest BCUT2D eigenvalue weighted by Gasteiger charge is -2.43. The Labute approximate surface area is 215 Å². The molecule has 2 aromatic carbocycles. The standard InChI is InChI=1S/C27H38N2O4SSi/c1-6-32-26(31)24(25(30)28-21-29-34-7-2)19-14-20-33-35(27(3,4)5,22-15-10-8-11-16-22)23-17-12-9-13-18-23/h8-13,15-18,21,24H,6-7,14,19-20H2,1-5H3,(H,28,29,30). The molecule has 0 bridgehead atoms. The van der Waals surface area contributed by atoms with Gasteiger partial charge >= 0.3 is 5.97 Å². The predicted molar refractivity (Wildman–Crippen MR) is 148 cm³/mol. The maximum atomic E-state index is 12.7. The van der Waals surface area contributed by atoms with Gasteiger partial charge in [-0.25, -0.2) is 4.40 Å². The smallest absolute Gasteiger partial charge is 0.318 e. The van der Waals surface area contributed by atoms with Crippen LogP contribution in [0.5, 0.6) is 0 Å². The maximum absolute atomic E-state index is 12.7. The van der Waals surface area contributed by atoms with E-state index < -0.39 is 26.1 Å². The molecular formula is C27H38N2O4SSi. The van der Waals surface area contributed by atoms with E-state index in [2.05, 4.69) is 79.0 Å². The van der Waals surface area contributed by atoms with Gasteiger partial charge < -0.3 is 14.5 Å². The molecule has 8 heteroatoms. The predicted octanol–water partition coefficient (Wildman–Crippen LogP) is 4.34. The summed E-state index contributed by atoms with van der Waals surface area (Å²) in [4.78, 5) is 25.2. The zero-order chi connectivity index (χ0) is 25.7. The Morgan fingerprint density at radius 2 is 1.60 bits per heavy atom. The second-order valence-corrected chi connectivity index (χ2v) is 14.5. The normalized spacial score (nSPS) is 12.9. The van der Waals surface area contributed by atoms with E-state index in [0.717, 1.165) is 5.75 Å². The van der Waals surface area contributed by atoms with Crippen molar-refractivity contribution in [3.63, 3.8) is 0 Å². The van der Waals surface area contributed by atoms with Crippen LogP contribution in [-0.4, -0.2) is 45.5 Å². The molecule has 2 rings (SSSR count). The quantitative estimate of drug-likeness (QED) is 0.0819.